The van der Waals surface area contributed by atoms with Crippen LogP contribution in [0.4, 0.5) is 8.78 Å². The monoisotopic (exact) mass is 650 g/mol. The number of aryl methyl sites for hydroxylation is 1. The van der Waals surface area contributed by atoms with Gasteiger partial charge in [0.1, 0.15) is 17.8 Å². The van der Waals surface area contributed by atoms with Crippen LogP contribution in [0, 0.1) is 28.5 Å². The zero-order valence-corrected chi connectivity index (χ0v) is 28.5. The van der Waals surface area contributed by atoms with Gasteiger partial charge in [-0.3, -0.25) is 9.18 Å². The molecule has 3 N–H and O–H groups in total. The molecule has 0 aliphatic heterocycles. The van der Waals surface area contributed by atoms with Gasteiger partial charge in [0.2, 0.25) is 0 Å². The summed E-state index contributed by atoms with van der Waals surface area (Å²) < 4.78 is 27.8. The summed E-state index contributed by atoms with van der Waals surface area (Å²) in [6.07, 6.45) is 3.88. The zero-order valence-electron chi connectivity index (χ0n) is 17.9. The maximum atomic E-state index is 12.3. The number of hydrogen-bond donors (Lipinski definition) is 1. The van der Waals surface area contributed by atoms with E-state index in [1.807, 2.05) is 25.1 Å². The Balaban J connectivity index is -0.0000000513. The van der Waals surface area contributed by atoms with Gasteiger partial charge in [-0.1, -0.05) is 20.4 Å². The smallest absolute Gasteiger partial charge is 1.00 e. The molecular weight excluding hydrogens is 626 g/mol. The Labute approximate surface area is 290 Å². The molecule has 2 aromatic rings. The fourth-order valence-corrected chi connectivity index (χ4v) is 1.29. The van der Waals surface area contributed by atoms with E-state index in [4.69, 9.17) is 21.9 Å². The van der Waals surface area contributed by atoms with Crippen molar-refractivity contribution >= 4 is 6.47 Å². The quantitative estimate of drug-likeness (QED) is 0.200. The first kappa shape index (κ1) is 40.0. The number of carbonyl (C=O) groups excluding carboxylic acids is 1. The maximum absolute atomic E-state index is 12.3. The number of pyridine rings is 2. The molecular formula is C17H23Cs2F2N5O3. The van der Waals surface area contributed by atoms with Gasteiger partial charge in [0.25, 0.3) is 6.47 Å². The summed E-state index contributed by atoms with van der Waals surface area (Å²) in [4.78, 5) is 18.6. The second-order valence-corrected chi connectivity index (χ2v) is 3.61. The van der Waals surface area contributed by atoms with Crippen molar-refractivity contribution in [2.75, 3.05) is 7.15 Å². The summed E-state index contributed by atoms with van der Waals surface area (Å²) in [6.45, 7) is 1.83. The number of nitriles is 2. The number of nitrogens with zero attached hydrogens (tertiary/aromatic N) is 4. The van der Waals surface area contributed by atoms with Crippen molar-refractivity contribution in [1.82, 2.24) is 16.1 Å². The Morgan fingerprint density at radius 1 is 1.24 bits per heavy atom. The molecule has 0 spiro atoms. The predicted molar refractivity (Wildman–Crippen MR) is 94.3 cm³/mol. The fraction of sp³-hybridized carbons (Fsp3) is 0.235. The van der Waals surface area contributed by atoms with Crippen molar-refractivity contribution in [3.63, 3.8) is 0 Å². The van der Waals surface area contributed by atoms with Gasteiger partial charge in [0.05, 0.1) is 8.52 Å². The number of halogens is 2. The summed E-state index contributed by atoms with van der Waals surface area (Å²) in [6, 6.07) is 10.1. The van der Waals surface area contributed by atoms with Crippen LogP contribution < -0.4 is 149 Å². The van der Waals surface area contributed by atoms with Gasteiger partial charge in [-0.2, -0.15) is 10.5 Å². The molecule has 0 radical (unpaired) electrons. The second-order valence-electron chi connectivity index (χ2n) is 3.61. The predicted octanol–water partition coefficient (Wildman–Crippen LogP) is -3.45. The first-order chi connectivity index (χ1) is 12.6. The molecule has 0 saturated carbocycles. The Kier molecular flexibility index (Phi) is 45.9. The molecule has 0 aliphatic rings. The van der Waals surface area contributed by atoms with Gasteiger partial charge in [-0.05, 0) is 30.2 Å². The van der Waals surface area contributed by atoms with Crippen LogP contribution >= 0.6 is 0 Å². The molecule has 12 heteroatoms. The SMILES string of the molecule is C.CCc1cccnc1C#N.N.N#Cc1ncccc1F.O=CO[O-].[2H]CF.[Cs+].[Cs+].[H-]. The van der Waals surface area contributed by atoms with Crippen LogP contribution in [0.1, 0.15) is 34.1 Å². The fourth-order valence-electron chi connectivity index (χ4n) is 1.29. The average Bonchev–Trinajstić information content (AvgIpc) is 2.69. The van der Waals surface area contributed by atoms with E-state index in [1.54, 1.807) is 12.3 Å². The molecule has 0 aromatic carbocycles. The van der Waals surface area contributed by atoms with E-state index in [0.29, 0.717) is 5.69 Å². The summed E-state index contributed by atoms with van der Waals surface area (Å²) >= 11 is 0. The van der Waals surface area contributed by atoms with E-state index in [-0.39, 0.29) is 165 Å². The van der Waals surface area contributed by atoms with Crippen LogP contribution in [0.15, 0.2) is 36.7 Å². The average molecular weight is 650 g/mol. The number of hydrogen-bond acceptors (Lipinski definition) is 8. The van der Waals surface area contributed by atoms with Crippen molar-refractivity contribution in [3.05, 3.63) is 59.4 Å². The molecule has 0 bridgehead atoms. The third-order valence-electron chi connectivity index (χ3n) is 2.28. The maximum Gasteiger partial charge on any atom is 1.00 e. The van der Waals surface area contributed by atoms with E-state index in [2.05, 4.69) is 14.9 Å². The van der Waals surface area contributed by atoms with Gasteiger partial charge < -0.3 is 17.7 Å². The standard InChI is InChI=1S/C8H8N2.C6H3FN2.CH3F.CH2O3.CH4.2Cs.H3N.H/c1-2-7-4-3-5-10-8(7)6-9;7-5-2-1-3-9-6(5)4-8;1-2;2-1-4-3;;;;;/h3-5H,2H2,1H3;1-3H;1H3;1,3H;1H4;;;1H3;/q;;;;;2*+1;;-1/p-1/i;;1D;;;;;;. The van der Waals surface area contributed by atoms with Crippen molar-refractivity contribution in [1.29, 1.82) is 10.5 Å². The normalized spacial score (nSPS) is 7.03. The zero-order chi connectivity index (χ0) is 20.2. The Hall–Kier alpha value is 0.634. The van der Waals surface area contributed by atoms with Crippen LogP contribution in [0.5, 0.6) is 0 Å². The molecule has 0 saturated heterocycles. The Morgan fingerprint density at radius 3 is 1.93 bits per heavy atom. The summed E-state index contributed by atoms with van der Waals surface area (Å²) in [5, 5.41) is 25.1. The van der Waals surface area contributed by atoms with Crippen LogP contribution in [0.2, 0.25) is 0 Å². The van der Waals surface area contributed by atoms with E-state index < -0.39 is 13.0 Å². The van der Waals surface area contributed by atoms with Crippen molar-refractivity contribution in [2.45, 2.75) is 20.8 Å². The molecule has 2 rings (SSSR count). The van der Waals surface area contributed by atoms with Crippen LogP contribution in [-0.4, -0.2) is 23.6 Å². The topological polar surface area (TPSA) is 158 Å². The molecule has 150 valence electrons. The van der Waals surface area contributed by atoms with E-state index >= 15 is 0 Å². The van der Waals surface area contributed by atoms with E-state index in [0.717, 1.165) is 12.0 Å². The molecule has 0 fully saturated rings. The van der Waals surface area contributed by atoms with Crippen molar-refractivity contribution in [2.24, 2.45) is 0 Å². The molecule has 0 unspecified atom stereocenters. The Morgan fingerprint density at radius 2 is 1.66 bits per heavy atom. The summed E-state index contributed by atoms with van der Waals surface area (Å²) in [5.74, 6) is -0.569. The van der Waals surface area contributed by atoms with E-state index in [9.17, 15) is 8.78 Å². The van der Waals surface area contributed by atoms with Crippen LogP contribution in [0.3, 0.4) is 0 Å². The number of aromatic nitrogens is 2. The first-order valence-electron chi connectivity index (χ1n) is 7.18. The van der Waals surface area contributed by atoms with Gasteiger partial charge in [0.15, 0.2) is 11.5 Å². The van der Waals surface area contributed by atoms with E-state index in [1.165, 1.54) is 18.3 Å². The van der Waals surface area contributed by atoms with Gasteiger partial charge in [-0.25, -0.2) is 14.4 Å². The van der Waals surface area contributed by atoms with Gasteiger partial charge >= 0.3 is 138 Å². The third kappa shape index (κ3) is 23.1. The van der Waals surface area contributed by atoms with Crippen molar-refractivity contribution in [3.8, 4) is 12.1 Å². The third-order valence-corrected chi connectivity index (χ3v) is 2.28. The second kappa shape index (κ2) is 33.3. The minimum absolute atomic E-state index is 0. The molecule has 0 aliphatic carbocycles. The van der Waals surface area contributed by atoms with Crippen LogP contribution in [-0.2, 0) is 16.1 Å². The van der Waals surface area contributed by atoms with Gasteiger partial charge in [0, 0.05) is 12.4 Å². The minimum atomic E-state index is -1.00. The largest absolute Gasteiger partial charge is 1.00 e. The molecule has 2 aromatic heterocycles. The van der Waals surface area contributed by atoms with Gasteiger partial charge in [-0.15, -0.1) is 0 Å². The minimum Gasteiger partial charge on any atom is -1.00 e. The summed E-state index contributed by atoms with van der Waals surface area (Å²) in [7, 11) is -1.00. The summed E-state index contributed by atoms with van der Waals surface area (Å²) in [5.41, 5.74) is 1.41. The number of rotatable bonds is 2. The molecule has 29 heavy (non-hydrogen) atoms. The molecule has 0 amide bonds. The molecule has 8 nitrogen and oxygen atoms in total. The molecule has 2 heterocycles. The first-order valence-corrected chi connectivity index (χ1v) is 6.48. The number of alkyl halides is 1. The number of carbonyl (C=O) groups is 1. The van der Waals surface area contributed by atoms with Crippen molar-refractivity contribution < 1.29 is 164 Å². The Bertz CT molecular complexity index is 739. The molecule has 0 atom stereocenters. The van der Waals surface area contributed by atoms with Crippen LogP contribution in [0.25, 0.3) is 0 Å².